The van der Waals surface area contributed by atoms with Crippen LogP contribution < -0.4 is 10.6 Å². The van der Waals surface area contributed by atoms with E-state index in [9.17, 15) is 0 Å². The van der Waals surface area contributed by atoms with Gasteiger partial charge in [-0.2, -0.15) is 0 Å². The summed E-state index contributed by atoms with van der Waals surface area (Å²) < 4.78 is 0. The van der Waals surface area contributed by atoms with E-state index < -0.39 is 0 Å². The highest BCUT2D eigenvalue weighted by atomic mass is 32.2. The Kier molecular flexibility index (Phi) is 4.67. The highest BCUT2D eigenvalue weighted by Crippen LogP contribution is 2.35. The SMILES string of the molecule is c1cc(SC2CCCC2)ccc1NC1CCNCC1. The van der Waals surface area contributed by atoms with Crippen molar-refractivity contribution in [2.75, 3.05) is 18.4 Å². The van der Waals surface area contributed by atoms with Crippen LogP contribution in [0.1, 0.15) is 38.5 Å². The lowest BCUT2D eigenvalue weighted by Gasteiger charge is -2.24. The number of nitrogens with one attached hydrogen (secondary N) is 2. The van der Waals surface area contributed by atoms with Crippen molar-refractivity contribution in [1.29, 1.82) is 0 Å². The summed E-state index contributed by atoms with van der Waals surface area (Å²) in [6, 6.07) is 9.71. The third kappa shape index (κ3) is 3.90. The van der Waals surface area contributed by atoms with Gasteiger partial charge in [-0.05, 0) is 63.0 Å². The molecule has 0 aromatic heterocycles. The third-order valence-electron chi connectivity index (χ3n) is 4.17. The Balaban J connectivity index is 1.52. The van der Waals surface area contributed by atoms with Crippen molar-refractivity contribution in [3.05, 3.63) is 24.3 Å². The topological polar surface area (TPSA) is 24.1 Å². The summed E-state index contributed by atoms with van der Waals surface area (Å²) in [6.45, 7) is 2.29. The Morgan fingerprint density at radius 2 is 1.63 bits per heavy atom. The maximum absolute atomic E-state index is 3.65. The molecule has 3 heteroatoms. The number of hydrogen-bond acceptors (Lipinski definition) is 3. The predicted molar refractivity (Wildman–Crippen MR) is 84.1 cm³/mol. The molecule has 0 spiro atoms. The quantitative estimate of drug-likeness (QED) is 0.872. The maximum atomic E-state index is 3.65. The lowest BCUT2D eigenvalue weighted by atomic mass is 10.1. The molecule has 0 unspecified atom stereocenters. The van der Waals surface area contributed by atoms with Crippen LogP contribution in [0.3, 0.4) is 0 Å². The Hall–Kier alpha value is -0.670. The van der Waals surface area contributed by atoms with Gasteiger partial charge in [0.1, 0.15) is 0 Å². The highest BCUT2D eigenvalue weighted by molar-refractivity contribution is 8.00. The first-order valence-corrected chi connectivity index (χ1v) is 8.52. The second kappa shape index (κ2) is 6.67. The smallest absolute Gasteiger partial charge is 0.0343 e. The molecular weight excluding hydrogens is 252 g/mol. The van der Waals surface area contributed by atoms with Gasteiger partial charge in [-0.1, -0.05) is 12.8 Å². The molecule has 1 aromatic rings. The summed E-state index contributed by atoms with van der Waals surface area (Å²) in [4.78, 5) is 1.43. The number of anilines is 1. The van der Waals surface area contributed by atoms with Gasteiger partial charge in [0.05, 0.1) is 0 Å². The molecule has 0 amide bonds. The van der Waals surface area contributed by atoms with Crippen molar-refractivity contribution in [2.24, 2.45) is 0 Å². The van der Waals surface area contributed by atoms with Crippen LogP contribution in [0, 0.1) is 0 Å². The van der Waals surface area contributed by atoms with Crippen LogP contribution in [-0.4, -0.2) is 24.4 Å². The van der Waals surface area contributed by atoms with Gasteiger partial charge in [0.15, 0.2) is 0 Å². The summed E-state index contributed by atoms with van der Waals surface area (Å²) in [7, 11) is 0. The van der Waals surface area contributed by atoms with E-state index in [1.54, 1.807) is 0 Å². The van der Waals surface area contributed by atoms with Crippen molar-refractivity contribution in [3.63, 3.8) is 0 Å². The van der Waals surface area contributed by atoms with Crippen LogP contribution in [0.5, 0.6) is 0 Å². The summed E-state index contributed by atoms with van der Waals surface area (Å²) in [5.74, 6) is 0. The largest absolute Gasteiger partial charge is 0.382 e. The van der Waals surface area contributed by atoms with Crippen molar-refractivity contribution in [3.8, 4) is 0 Å². The second-order valence-corrected chi connectivity index (χ2v) is 7.09. The van der Waals surface area contributed by atoms with E-state index in [-0.39, 0.29) is 0 Å². The molecule has 1 aliphatic carbocycles. The van der Waals surface area contributed by atoms with Gasteiger partial charge in [0, 0.05) is 21.9 Å². The molecule has 19 heavy (non-hydrogen) atoms. The fraction of sp³-hybridized carbons (Fsp3) is 0.625. The molecule has 2 aliphatic rings. The fourth-order valence-corrected chi connectivity index (χ4v) is 4.28. The first kappa shape index (κ1) is 13.3. The molecule has 1 saturated heterocycles. The van der Waals surface area contributed by atoms with E-state index in [0.29, 0.717) is 6.04 Å². The Labute approximate surface area is 120 Å². The first-order chi connectivity index (χ1) is 9.40. The normalized spacial score (nSPS) is 21.7. The van der Waals surface area contributed by atoms with E-state index in [1.807, 2.05) is 0 Å². The predicted octanol–water partition coefficient (Wildman–Crippen LogP) is 3.89. The van der Waals surface area contributed by atoms with Crippen LogP contribution in [0.2, 0.25) is 0 Å². The van der Waals surface area contributed by atoms with Crippen LogP contribution in [-0.2, 0) is 0 Å². The molecule has 2 nitrogen and oxygen atoms in total. The zero-order chi connectivity index (χ0) is 12.9. The molecule has 0 bridgehead atoms. The number of rotatable bonds is 4. The van der Waals surface area contributed by atoms with Gasteiger partial charge in [0.25, 0.3) is 0 Å². The van der Waals surface area contributed by atoms with E-state index in [1.165, 1.54) is 49.1 Å². The summed E-state index contributed by atoms with van der Waals surface area (Å²) in [6.07, 6.45) is 8.12. The van der Waals surface area contributed by atoms with Crippen LogP contribution >= 0.6 is 11.8 Å². The van der Waals surface area contributed by atoms with Crippen molar-refractivity contribution < 1.29 is 0 Å². The van der Waals surface area contributed by atoms with Gasteiger partial charge in [-0.25, -0.2) is 0 Å². The molecule has 104 valence electrons. The zero-order valence-electron chi connectivity index (χ0n) is 11.5. The Morgan fingerprint density at radius 1 is 0.947 bits per heavy atom. The van der Waals surface area contributed by atoms with Gasteiger partial charge in [0.2, 0.25) is 0 Å². The molecule has 1 aliphatic heterocycles. The molecule has 1 aromatic carbocycles. The number of piperidine rings is 1. The van der Waals surface area contributed by atoms with Crippen molar-refractivity contribution in [1.82, 2.24) is 5.32 Å². The van der Waals surface area contributed by atoms with E-state index >= 15 is 0 Å². The summed E-state index contributed by atoms with van der Waals surface area (Å²) in [5.41, 5.74) is 1.28. The minimum absolute atomic E-state index is 0.648. The molecule has 0 atom stereocenters. The summed E-state index contributed by atoms with van der Waals surface area (Å²) >= 11 is 2.07. The number of hydrogen-bond donors (Lipinski definition) is 2. The highest BCUT2D eigenvalue weighted by Gasteiger charge is 2.16. The number of benzene rings is 1. The molecule has 2 fully saturated rings. The second-order valence-electron chi connectivity index (χ2n) is 5.72. The molecule has 0 radical (unpaired) electrons. The lowest BCUT2D eigenvalue weighted by Crippen LogP contribution is -2.35. The van der Waals surface area contributed by atoms with Gasteiger partial charge in [-0.3, -0.25) is 0 Å². The van der Waals surface area contributed by atoms with Crippen molar-refractivity contribution in [2.45, 2.75) is 54.7 Å². The average molecular weight is 276 g/mol. The minimum Gasteiger partial charge on any atom is -0.382 e. The van der Waals surface area contributed by atoms with E-state index in [4.69, 9.17) is 0 Å². The van der Waals surface area contributed by atoms with Crippen LogP contribution in [0.25, 0.3) is 0 Å². The maximum Gasteiger partial charge on any atom is 0.0343 e. The van der Waals surface area contributed by atoms with Gasteiger partial charge in [-0.15, -0.1) is 11.8 Å². The fourth-order valence-electron chi connectivity index (χ4n) is 3.03. The molecule has 1 heterocycles. The number of thioether (sulfide) groups is 1. The minimum atomic E-state index is 0.648. The standard InChI is InChI=1S/C16H24N2S/c1-2-4-15(3-1)19-16-7-5-13(6-8-16)18-14-9-11-17-12-10-14/h5-8,14-15,17-18H,1-4,9-12H2. The molecule has 2 N–H and O–H groups in total. The first-order valence-electron chi connectivity index (χ1n) is 7.64. The van der Waals surface area contributed by atoms with Gasteiger partial charge >= 0.3 is 0 Å². The van der Waals surface area contributed by atoms with Gasteiger partial charge < -0.3 is 10.6 Å². The third-order valence-corrected chi connectivity index (χ3v) is 5.52. The summed E-state index contributed by atoms with van der Waals surface area (Å²) in [5, 5.41) is 7.92. The lowest BCUT2D eigenvalue weighted by molar-refractivity contribution is 0.479. The van der Waals surface area contributed by atoms with E-state index in [0.717, 1.165) is 18.3 Å². The Bertz CT molecular complexity index is 378. The van der Waals surface area contributed by atoms with Crippen LogP contribution in [0.4, 0.5) is 5.69 Å². The molecule has 1 saturated carbocycles. The average Bonchev–Trinajstić information content (AvgIpc) is 2.95. The monoisotopic (exact) mass is 276 g/mol. The van der Waals surface area contributed by atoms with Crippen LogP contribution in [0.15, 0.2) is 29.2 Å². The molecular formula is C16H24N2S. The van der Waals surface area contributed by atoms with E-state index in [2.05, 4.69) is 46.7 Å². The van der Waals surface area contributed by atoms with Crippen molar-refractivity contribution >= 4 is 17.4 Å². The Morgan fingerprint density at radius 3 is 2.32 bits per heavy atom. The molecule has 3 rings (SSSR count). The zero-order valence-corrected chi connectivity index (χ0v) is 12.3.